The summed E-state index contributed by atoms with van der Waals surface area (Å²) in [5.41, 5.74) is 1.89. The van der Waals surface area contributed by atoms with Gasteiger partial charge in [0.2, 0.25) is 0 Å². The van der Waals surface area contributed by atoms with E-state index < -0.39 is 0 Å². The van der Waals surface area contributed by atoms with Gasteiger partial charge in [-0.3, -0.25) is 0 Å². The Labute approximate surface area is 100 Å². The molecule has 0 atom stereocenters. The maximum atomic E-state index is 13.3. The molecule has 0 radical (unpaired) electrons. The van der Waals surface area contributed by atoms with Gasteiger partial charge in [-0.15, -0.1) is 0 Å². The number of hydrogen-bond donors (Lipinski definition) is 1. The third-order valence-electron chi connectivity index (χ3n) is 2.78. The summed E-state index contributed by atoms with van der Waals surface area (Å²) in [6.07, 6.45) is 2.37. The van der Waals surface area contributed by atoms with Crippen molar-refractivity contribution in [1.82, 2.24) is 5.32 Å². The predicted octanol–water partition coefficient (Wildman–Crippen LogP) is 3.06. The summed E-state index contributed by atoms with van der Waals surface area (Å²) in [4.78, 5) is 0. The van der Waals surface area contributed by atoms with Gasteiger partial charge in [0, 0.05) is 0 Å². The second kappa shape index (κ2) is 5.64. The highest BCUT2D eigenvalue weighted by molar-refractivity contribution is 5.17. The van der Waals surface area contributed by atoms with Crippen LogP contribution in [0.2, 0.25) is 0 Å². The molecule has 1 N–H and O–H groups in total. The zero-order chi connectivity index (χ0) is 12.1. The molecule has 1 aromatic carbocycles. The Morgan fingerprint density at radius 2 is 2.06 bits per heavy atom. The van der Waals surface area contributed by atoms with Crippen molar-refractivity contribution in [3.8, 4) is 0 Å². The molecule has 1 aromatic heterocycles. The van der Waals surface area contributed by atoms with Gasteiger partial charge in [-0.25, -0.2) is 4.39 Å². The molecular formula is C14H16FNO. The van der Waals surface area contributed by atoms with E-state index in [0.717, 1.165) is 23.4 Å². The van der Waals surface area contributed by atoms with Gasteiger partial charge in [0.15, 0.2) is 0 Å². The summed E-state index contributed by atoms with van der Waals surface area (Å²) in [6, 6.07) is 8.81. The van der Waals surface area contributed by atoms with Gasteiger partial charge in [-0.2, -0.15) is 0 Å². The monoisotopic (exact) mass is 233 g/mol. The van der Waals surface area contributed by atoms with Crippen LogP contribution in [0.1, 0.15) is 16.9 Å². The van der Waals surface area contributed by atoms with Crippen LogP contribution in [0.4, 0.5) is 4.39 Å². The molecule has 17 heavy (non-hydrogen) atoms. The lowest BCUT2D eigenvalue weighted by atomic mass is 10.1. The molecule has 1 heterocycles. The van der Waals surface area contributed by atoms with Gasteiger partial charge in [0.05, 0.1) is 12.8 Å². The van der Waals surface area contributed by atoms with Gasteiger partial charge >= 0.3 is 0 Å². The van der Waals surface area contributed by atoms with E-state index in [1.807, 2.05) is 25.1 Å². The first-order valence-corrected chi connectivity index (χ1v) is 5.74. The smallest absolute Gasteiger partial charge is 0.126 e. The first kappa shape index (κ1) is 11.9. The zero-order valence-electron chi connectivity index (χ0n) is 9.87. The molecule has 2 rings (SSSR count). The minimum Gasteiger partial charge on any atom is -0.468 e. The molecule has 0 bridgehead atoms. The molecule has 0 aliphatic carbocycles. The molecule has 0 saturated carbocycles. The van der Waals surface area contributed by atoms with Gasteiger partial charge in [-0.05, 0) is 43.1 Å². The quantitative estimate of drug-likeness (QED) is 0.803. The first-order valence-electron chi connectivity index (χ1n) is 5.74. The number of benzene rings is 1. The number of hydrogen-bond acceptors (Lipinski definition) is 2. The fourth-order valence-electron chi connectivity index (χ4n) is 1.71. The topological polar surface area (TPSA) is 25.2 Å². The second-order valence-electron chi connectivity index (χ2n) is 4.04. The standard InChI is InChI=1S/C14H16FNO/c1-11-7-9-17-14(11)10-16-8-6-12-4-2-3-5-13(12)15/h2-5,7,9,16H,6,8,10H2,1H3. The summed E-state index contributed by atoms with van der Waals surface area (Å²) in [5, 5.41) is 3.24. The maximum absolute atomic E-state index is 13.3. The number of rotatable bonds is 5. The van der Waals surface area contributed by atoms with E-state index in [0.29, 0.717) is 13.0 Å². The fourth-order valence-corrected chi connectivity index (χ4v) is 1.71. The fraction of sp³-hybridized carbons (Fsp3) is 0.286. The SMILES string of the molecule is Cc1ccoc1CNCCc1ccccc1F. The largest absolute Gasteiger partial charge is 0.468 e. The van der Waals surface area contributed by atoms with Crippen LogP contribution in [0.5, 0.6) is 0 Å². The lowest BCUT2D eigenvalue weighted by molar-refractivity contribution is 0.480. The predicted molar refractivity (Wildman–Crippen MR) is 65.3 cm³/mol. The van der Waals surface area contributed by atoms with Crippen LogP contribution >= 0.6 is 0 Å². The normalized spacial score (nSPS) is 10.7. The lowest BCUT2D eigenvalue weighted by Gasteiger charge is -2.04. The van der Waals surface area contributed by atoms with Crippen molar-refractivity contribution in [3.05, 3.63) is 59.3 Å². The Morgan fingerprint density at radius 3 is 2.76 bits per heavy atom. The molecule has 0 spiro atoms. The average molecular weight is 233 g/mol. The first-order chi connectivity index (χ1) is 8.27. The molecule has 0 amide bonds. The minimum absolute atomic E-state index is 0.136. The molecule has 0 fully saturated rings. The molecule has 0 aliphatic heterocycles. The van der Waals surface area contributed by atoms with E-state index >= 15 is 0 Å². The second-order valence-corrected chi connectivity index (χ2v) is 4.04. The van der Waals surface area contributed by atoms with Crippen LogP contribution in [-0.4, -0.2) is 6.54 Å². The van der Waals surface area contributed by atoms with E-state index in [4.69, 9.17) is 4.42 Å². The summed E-state index contributed by atoms with van der Waals surface area (Å²) in [6.45, 7) is 3.44. The van der Waals surface area contributed by atoms with Gasteiger partial charge in [0.1, 0.15) is 11.6 Å². The Balaban J connectivity index is 1.77. The molecule has 3 heteroatoms. The van der Waals surface area contributed by atoms with Crippen LogP contribution in [-0.2, 0) is 13.0 Å². The summed E-state index contributed by atoms with van der Waals surface area (Å²) >= 11 is 0. The van der Waals surface area contributed by atoms with Crippen LogP contribution in [0, 0.1) is 12.7 Å². The van der Waals surface area contributed by atoms with E-state index in [9.17, 15) is 4.39 Å². The van der Waals surface area contributed by atoms with Crippen molar-refractivity contribution < 1.29 is 8.81 Å². The van der Waals surface area contributed by atoms with Gasteiger partial charge in [-0.1, -0.05) is 18.2 Å². The van der Waals surface area contributed by atoms with E-state index in [-0.39, 0.29) is 5.82 Å². The maximum Gasteiger partial charge on any atom is 0.126 e. The lowest BCUT2D eigenvalue weighted by Crippen LogP contribution is -2.17. The number of furan rings is 1. The van der Waals surface area contributed by atoms with Crippen molar-refractivity contribution in [3.63, 3.8) is 0 Å². The molecule has 0 saturated heterocycles. The van der Waals surface area contributed by atoms with E-state index in [2.05, 4.69) is 5.32 Å². The van der Waals surface area contributed by atoms with Gasteiger partial charge in [0.25, 0.3) is 0 Å². The van der Waals surface area contributed by atoms with Crippen molar-refractivity contribution in [2.24, 2.45) is 0 Å². The summed E-state index contributed by atoms with van der Waals surface area (Å²) in [5.74, 6) is 0.807. The summed E-state index contributed by atoms with van der Waals surface area (Å²) < 4.78 is 18.6. The van der Waals surface area contributed by atoms with Crippen molar-refractivity contribution in [2.45, 2.75) is 19.9 Å². The average Bonchev–Trinajstić information content (AvgIpc) is 2.73. The Kier molecular flexibility index (Phi) is 3.94. The number of halogens is 1. The van der Waals surface area contributed by atoms with Gasteiger partial charge < -0.3 is 9.73 Å². The molecular weight excluding hydrogens is 217 g/mol. The van der Waals surface area contributed by atoms with Crippen LogP contribution in [0.15, 0.2) is 41.0 Å². The highest BCUT2D eigenvalue weighted by atomic mass is 19.1. The summed E-state index contributed by atoms with van der Waals surface area (Å²) in [7, 11) is 0. The molecule has 2 aromatic rings. The zero-order valence-corrected chi connectivity index (χ0v) is 9.87. The molecule has 0 aliphatic rings. The van der Waals surface area contributed by atoms with E-state index in [1.54, 1.807) is 12.3 Å². The van der Waals surface area contributed by atoms with Crippen LogP contribution in [0.3, 0.4) is 0 Å². The molecule has 90 valence electrons. The van der Waals surface area contributed by atoms with Crippen molar-refractivity contribution >= 4 is 0 Å². The Hall–Kier alpha value is -1.61. The number of nitrogens with one attached hydrogen (secondary N) is 1. The van der Waals surface area contributed by atoms with E-state index in [1.165, 1.54) is 6.07 Å². The minimum atomic E-state index is -0.136. The van der Waals surface area contributed by atoms with Crippen molar-refractivity contribution in [2.75, 3.05) is 6.54 Å². The number of aryl methyl sites for hydroxylation is 1. The highest BCUT2D eigenvalue weighted by Crippen LogP contribution is 2.09. The molecule has 0 unspecified atom stereocenters. The third kappa shape index (κ3) is 3.17. The van der Waals surface area contributed by atoms with Crippen LogP contribution in [0.25, 0.3) is 0 Å². The Morgan fingerprint density at radius 1 is 1.24 bits per heavy atom. The highest BCUT2D eigenvalue weighted by Gasteiger charge is 2.02. The van der Waals surface area contributed by atoms with Crippen LogP contribution < -0.4 is 5.32 Å². The third-order valence-corrected chi connectivity index (χ3v) is 2.78. The molecule has 2 nitrogen and oxygen atoms in total. The van der Waals surface area contributed by atoms with Crippen molar-refractivity contribution in [1.29, 1.82) is 0 Å². The Bertz CT molecular complexity index is 479.